The van der Waals surface area contributed by atoms with E-state index in [0.29, 0.717) is 29.4 Å². The lowest BCUT2D eigenvalue weighted by molar-refractivity contribution is -0.147. The molecular formula is C21H24O6. The van der Waals surface area contributed by atoms with Gasteiger partial charge in [0.2, 0.25) is 0 Å². The zero-order valence-electron chi connectivity index (χ0n) is 15.6. The molecule has 0 radical (unpaired) electrons. The molecule has 2 aliphatic heterocycles. The minimum atomic E-state index is -0.556. The van der Waals surface area contributed by atoms with E-state index in [9.17, 15) is 9.59 Å². The van der Waals surface area contributed by atoms with Gasteiger partial charge in [-0.1, -0.05) is 24.3 Å². The molecule has 0 unspecified atom stereocenters. The van der Waals surface area contributed by atoms with Crippen molar-refractivity contribution in [3.05, 3.63) is 47.6 Å². The minimum Gasteiger partial charge on any atom is -0.458 e. The Labute approximate surface area is 158 Å². The molecule has 0 amide bonds. The van der Waals surface area contributed by atoms with Crippen molar-refractivity contribution < 1.29 is 28.5 Å². The van der Waals surface area contributed by atoms with Gasteiger partial charge in [-0.2, -0.15) is 0 Å². The van der Waals surface area contributed by atoms with Crippen LogP contribution in [0.15, 0.2) is 47.6 Å². The zero-order valence-corrected chi connectivity index (χ0v) is 15.6. The number of ether oxygens (including phenoxy) is 4. The molecule has 6 atom stereocenters. The minimum absolute atomic E-state index is 0.138. The average Bonchev–Trinajstić information content (AvgIpc) is 3.20. The van der Waals surface area contributed by atoms with Gasteiger partial charge in [0.1, 0.15) is 12.2 Å². The van der Waals surface area contributed by atoms with Crippen molar-refractivity contribution >= 4 is 11.9 Å². The monoisotopic (exact) mass is 372 g/mol. The van der Waals surface area contributed by atoms with E-state index in [1.807, 2.05) is 6.08 Å². The molecule has 6 heteroatoms. The van der Waals surface area contributed by atoms with Crippen molar-refractivity contribution in [1.82, 2.24) is 0 Å². The maximum absolute atomic E-state index is 12.7. The summed E-state index contributed by atoms with van der Waals surface area (Å²) in [5.41, 5.74) is 3.00. The Morgan fingerprint density at radius 1 is 1.26 bits per heavy atom. The van der Waals surface area contributed by atoms with Gasteiger partial charge in [-0.05, 0) is 37.3 Å². The number of esters is 2. The first-order valence-electron chi connectivity index (χ1n) is 9.21. The summed E-state index contributed by atoms with van der Waals surface area (Å²) in [7, 11) is 1.51. The van der Waals surface area contributed by atoms with Crippen LogP contribution in [-0.4, -0.2) is 44.2 Å². The highest BCUT2D eigenvalue weighted by atomic mass is 16.7. The number of allylic oxidation sites excluding steroid dienone is 1. The van der Waals surface area contributed by atoms with Crippen molar-refractivity contribution in [1.29, 1.82) is 0 Å². The van der Waals surface area contributed by atoms with Crippen LogP contribution in [-0.2, 0) is 28.5 Å². The summed E-state index contributed by atoms with van der Waals surface area (Å²) >= 11 is 0. The van der Waals surface area contributed by atoms with Crippen LogP contribution in [0.1, 0.15) is 19.8 Å². The van der Waals surface area contributed by atoms with Gasteiger partial charge in [-0.15, -0.1) is 0 Å². The Balaban J connectivity index is 1.61. The van der Waals surface area contributed by atoms with Crippen LogP contribution in [0, 0.1) is 17.8 Å². The standard InChI is InChI=1S/C21H24O6/c1-10-5-16-19(12(3)20(22)26-16)17(6-11(2)15-8-14(10)15)27-21(23)13-7-18(24-4)25-9-13/h5,7,14-19H,2-3,6,8-9H2,1,4H3/b10-5-/t14-,15-,16-,17-,18-,19+/m1/s1. The van der Waals surface area contributed by atoms with Gasteiger partial charge in [0, 0.05) is 19.1 Å². The van der Waals surface area contributed by atoms with Crippen LogP contribution in [0.5, 0.6) is 0 Å². The van der Waals surface area contributed by atoms with E-state index in [1.165, 1.54) is 12.7 Å². The number of carbonyl (C=O) groups excluding carboxylic acids is 2. The van der Waals surface area contributed by atoms with Crippen LogP contribution in [0.3, 0.4) is 0 Å². The van der Waals surface area contributed by atoms with Crippen LogP contribution < -0.4 is 0 Å². The summed E-state index contributed by atoms with van der Waals surface area (Å²) in [5.74, 6) is -0.473. The summed E-state index contributed by atoms with van der Waals surface area (Å²) in [6, 6.07) is 0. The van der Waals surface area contributed by atoms with Crippen molar-refractivity contribution in [2.24, 2.45) is 17.8 Å². The van der Waals surface area contributed by atoms with Gasteiger partial charge >= 0.3 is 11.9 Å². The fourth-order valence-corrected chi connectivity index (χ4v) is 4.27. The lowest BCUT2D eigenvalue weighted by Crippen LogP contribution is -2.33. The molecule has 2 heterocycles. The maximum atomic E-state index is 12.7. The Morgan fingerprint density at radius 3 is 2.74 bits per heavy atom. The summed E-state index contributed by atoms with van der Waals surface area (Å²) in [5, 5.41) is 0. The summed E-state index contributed by atoms with van der Waals surface area (Å²) in [4.78, 5) is 24.8. The number of hydrogen-bond donors (Lipinski definition) is 0. The van der Waals surface area contributed by atoms with Gasteiger partial charge in [0.25, 0.3) is 0 Å². The largest absolute Gasteiger partial charge is 0.458 e. The molecule has 27 heavy (non-hydrogen) atoms. The van der Waals surface area contributed by atoms with E-state index >= 15 is 0 Å². The first-order valence-corrected chi connectivity index (χ1v) is 9.21. The second-order valence-electron chi connectivity index (χ2n) is 7.69. The molecule has 0 aromatic carbocycles. The van der Waals surface area contributed by atoms with Crippen molar-refractivity contribution in [2.75, 3.05) is 13.7 Å². The summed E-state index contributed by atoms with van der Waals surface area (Å²) < 4.78 is 21.8. The Bertz CT molecular complexity index is 776. The SMILES string of the molecule is C=C1C(=O)O[C@@H]2/C=C(/C)[C@H]3C[C@@H]3C(=C)C[C@@H](OC(=O)C3=C[C@H](OC)OC3)[C@@H]12. The maximum Gasteiger partial charge on any atom is 0.336 e. The summed E-state index contributed by atoms with van der Waals surface area (Å²) in [6.07, 6.45) is 3.57. The van der Waals surface area contributed by atoms with Gasteiger partial charge in [0.05, 0.1) is 18.1 Å². The lowest BCUT2D eigenvalue weighted by Gasteiger charge is -2.26. The number of fused-ring (bicyclic) bond motifs is 2. The molecule has 4 rings (SSSR count). The van der Waals surface area contributed by atoms with E-state index < -0.39 is 36.4 Å². The number of carbonyl (C=O) groups is 2. The summed E-state index contributed by atoms with van der Waals surface area (Å²) in [6.45, 7) is 10.3. The molecule has 4 aliphatic rings. The topological polar surface area (TPSA) is 71.1 Å². The van der Waals surface area contributed by atoms with Gasteiger partial charge in [-0.25, -0.2) is 9.59 Å². The van der Waals surface area contributed by atoms with Gasteiger partial charge in [-0.3, -0.25) is 0 Å². The van der Waals surface area contributed by atoms with Crippen molar-refractivity contribution in [3.8, 4) is 0 Å². The lowest BCUT2D eigenvalue weighted by atomic mass is 9.87. The van der Waals surface area contributed by atoms with Crippen LogP contribution in [0.2, 0.25) is 0 Å². The molecule has 2 fully saturated rings. The Kier molecular flexibility index (Phi) is 4.56. The molecule has 6 nitrogen and oxygen atoms in total. The number of rotatable bonds is 3. The van der Waals surface area contributed by atoms with Gasteiger partial charge in [0.15, 0.2) is 6.29 Å². The molecule has 0 N–H and O–H groups in total. The molecule has 2 aliphatic carbocycles. The third-order valence-electron chi connectivity index (χ3n) is 5.95. The molecule has 1 saturated carbocycles. The number of methoxy groups -OCH3 is 1. The quantitative estimate of drug-likeness (QED) is 0.431. The van der Waals surface area contributed by atoms with Crippen molar-refractivity contribution in [3.63, 3.8) is 0 Å². The second-order valence-corrected chi connectivity index (χ2v) is 7.69. The van der Waals surface area contributed by atoms with E-state index in [4.69, 9.17) is 18.9 Å². The average molecular weight is 372 g/mol. The third-order valence-corrected chi connectivity index (χ3v) is 5.95. The first-order chi connectivity index (χ1) is 12.9. The van der Waals surface area contributed by atoms with Gasteiger partial charge < -0.3 is 18.9 Å². The van der Waals surface area contributed by atoms with E-state index in [2.05, 4.69) is 20.1 Å². The normalized spacial score (nSPS) is 39.9. The molecule has 0 aromatic rings. The Morgan fingerprint density at radius 2 is 2.04 bits per heavy atom. The van der Waals surface area contributed by atoms with Crippen LogP contribution in [0.25, 0.3) is 0 Å². The molecule has 144 valence electrons. The van der Waals surface area contributed by atoms with E-state index in [1.54, 1.807) is 6.08 Å². The van der Waals surface area contributed by atoms with E-state index in [0.717, 1.165) is 12.0 Å². The number of hydrogen-bond acceptors (Lipinski definition) is 6. The van der Waals surface area contributed by atoms with Crippen molar-refractivity contribution in [2.45, 2.75) is 38.3 Å². The smallest absolute Gasteiger partial charge is 0.336 e. The highest BCUT2D eigenvalue weighted by Gasteiger charge is 2.49. The predicted molar refractivity (Wildman–Crippen MR) is 96.3 cm³/mol. The first kappa shape index (κ1) is 18.2. The molecule has 1 saturated heterocycles. The third kappa shape index (κ3) is 3.28. The molecule has 0 spiro atoms. The second kappa shape index (κ2) is 6.77. The predicted octanol–water partition coefficient (Wildman–Crippen LogP) is 2.47. The molecular weight excluding hydrogens is 348 g/mol. The van der Waals surface area contributed by atoms with Crippen LogP contribution in [0.4, 0.5) is 0 Å². The fraction of sp³-hybridized carbons (Fsp3) is 0.524. The fourth-order valence-electron chi connectivity index (χ4n) is 4.27. The van der Waals surface area contributed by atoms with Crippen LogP contribution >= 0.6 is 0 Å². The Hall–Kier alpha value is -2.18. The zero-order chi connectivity index (χ0) is 19.3. The highest BCUT2D eigenvalue weighted by Crippen LogP contribution is 2.52. The van der Waals surface area contributed by atoms with E-state index in [-0.39, 0.29) is 6.61 Å². The highest BCUT2D eigenvalue weighted by molar-refractivity contribution is 5.92. The molecule has 0 bridgehead atoms. The molecule has 0 aromatic heterocycles.